The summed E-state index contributed by atoms with van der Waals surface area (Å²) in [5, 5.41) is 24.7. The molecule has 7 N–H and O–H groups in total. The maximum absolute atomic E-state index is 11.9. The molecule has 10 nitrogen and oxygen atoms in total. The third-order valence-corrected chi connectivity index (χ3v) is 3.48. The molecule has 0 aromatic carbocycles. The van der Waals surface area contributed by atoms with Crippen LogP contribution in [0, 0.1) is 5.92 Å². The van der Waals surface area contributed by atoms with Gasteiger partial charge in [0.05, 0.1) is 13.2 Å². The number of hydrogen-bond donors (Lipinski definition) is 7. The van der Waals surface area contributed by atoms with Crippen molar-refractivity contribution in [2.45, 2.75) is 38.4 Å². The summed E-state index contributed by atoms with van der Waals surface area (Å²) in [6.07, 6.45) is 0.253. The second-order valence-corrected chi connectivity index (χ2v) is 6.20. The Labute approximate surface area is 151 Å². The SMILES string of the molecule is CC(C)CC(NC(=O)CNC(=O)C(CS)NC(=O)C(N)CO)C(=O)O. The molecule has 0 fully saturated rings. The van der Waals surface area contributed by atoms with Gasteiger partial charge in [0.25, 0.3) is 0 Å². The highest BCUT2D eigenvalue weighted by molar-refractivity contribution is 7.80. The highest BCUT2D eigenvalue weighted by Gasteiger charge is 2.24. The van der Waals surface area contributed by atoms with E-state index in [0.29, 0.717) is 0 Å². The predicted octanol–water partition coefficient (Wildman–Crippen LogP) is -2.55. The Morgan fingerprint density at radius 2 is 1.68 bits per heavy atom. The number of aliphatic carboxylic acids is 1. The lowest BCUT2D eigenvalue weighted by atomic mass is 10.0. The van der Waals surface area contributed by atoms with Crippen LogP contribution in [0.2, 0.25) is 0 Å². The molecule has 0 radical (unpaired) electrons. The molecule has 144 valence electrons. The number of carbonyl (C=O) groups is 4. The molecule has 0 aromatic heterocycles. The summed E-state index contributed by atoms with van der Waals surface area (Å²) in [7, 11) is 0. The Morgan fingerprint density at radius 3 is 2.12 bits per heavy atom. The van der Waals surface area contributed by atoms with E-state index in [2.05, 4.69) is 28.6 Å². The van der Waals surface area contributed by atoms with Crippen LogP contribution in [-0.4, -0.2) is 70.9 Å². The normalized spacial score (nSPS) is 14.3. The van der Waals surface area contributed by atoms with E-state index < -0.39 is 55.0 Å². The summed E-state index contributed by atoms with van der Waals surface area (Å²) < 4.78 is 0. The summed E-state index contributed by atoms with van der Waals surface area (Å²) in [5.74, 6) is -3.23. The minimum Gasteiger partial charge on any atom is -0.480 e. The lowest BCUT2D eigenvalue weighted by Gasteiger charge is -2.19. The van der Waals surface area contributed by atoms with Crippen molar-refractivity contribution < 1.29 is 29.4 Å². The van der Waals surface area contributed by atoms with Crippen LogP contribution in [0.15, 0.2) is 0 Å². The molecule has 0 aliphatic carbocycles. The molecule has 0 aliphatic rings. The van der Waals surface area contributed by atoms with E-state index in [1.807, 2.05) is 13.8 Å². The molecule has 11 heteroatoms. The molecule has 0 saturated carbocycles. The van der Waals surface area contributed by atoms with Gasteiger partial charge in [0.2, 0.25) is 17.7 Å². The Bertz CT molecular complexity index is 488. The zero-order chi connectivity index (χ0) is 19.6. The lowest BCUT2D eigenvalue weighted by Crippen LogP contribution is -2.54. The molecular weight excluding hydrogens is 352 g/mol. The number of aliphatic hydroxyl groups excluding tert-OH is 1. The van der Waals surface area contributed by atoms with Gasteiger partial charge in [-0.1, -0.05) is 13.8 Å². The fraction of sp³-hybridized carbons (Fsp3) is 0.714. The minimum absolute atomic E-state index is 0.0531. The number of nitrogens with two attached hydrogens (primary N) is 1. The monoisotopic (exact) mass is 378 g/mol. The third-order valence-electron chi connectivity index (χ3n) is 3.11. The van der Waals surface area contributed by atoms with Crippen LogP contribution >= 0.6 is 12.6 Å². The van der Waals surface area contributed by atoms with Gasteiger partial charge in [-0.2, -0.15) is 12.6 Å². The number of nitrogens with one attached hydrogen (secondary N) is 3. The Hall–Kier alpha value is -1.85. The van der Waals surface area contributed by atoms with Crippen molar-refractivity contribution in [2.75, 3.05) is 18.9 Å². The highest BCUT2D eigenvalue weighted by atomic mass is 32.1. The van der Waals surface area contributed by atoms with Gasteiger partial charge in [0.1, 0.15) is 18.1 Å². The maximum atomic E-state index is 11.9. The van der Waals surface area contributed by atoms with E-state index in [1.165, 1.54) is 0 Å². The van der Waals surface area contributed by atoms with Crippen molar-refractivity contribution in [1.82, 2.24) is 16.0 Å². The van der Waals surface area contributed by atoms with Crippen molar-refractivity contribution in [2.24, 2.45) is 11.7 Å². The zero-order valence-electron chi connectivity index (χ0n) is 14.2. The number of rotatable bonds is 11. The lowest BCUT2D eigenvalue weighted by molar-refractivity contribution is -0.142. The molecule has 0 aliphatic heterocycles. The minimum atomic E-state index is -1.18. The molecule has 3 unspecified atom stereocenters. The van der Waals surface area contributed by atoms with Gasteiger partial charge in [0, 0.05) is 5.75 Å². The van der Waals surface area contributed by atoms with Crippen LogP contribution in [0.5, 0.6) is 0 Å². The number of amides is 3. The summed E-state index contributed by atoms with van der Waals surface area (Å²) >= 11 is 3.93. The van der Waals surface area contributed by atoms with Gasteiger partial charge in [0.15, 0.2) is 0 Å². The van der Waals surface area contributed by atoms with Crippen LogP contribution in [0.25, 0.3) is 0 Å². The first-order chi connectivity index (χ1) is 11.6. The van der Waals surface area contributed by atoms with Crippen molar-refractivity contribution in [3.8, 4) is 0 Å². The second-order valence-electron chi connectivity index (χ2n) is 5.84. The summed E-state index contributed by atoms with van der Waals surface area (Å²) in [4.78, 5) is 46.4. The Morgan fingerprint density at radius 1 is 1.08 bits per heavy atom. The summed E-state index contributed by atoms with van der Waals surface area (Å²) in [5.41, 5.74) is 5.33. The number of carboxylic acid groups (broad SMARTS) is 1. The van der Waals surface area contributed by atoms with E-state index in [9.17, 15) is 19.2 Å². The Kier molecular flexibility index (Phi) is 10.8. The van der Waals surface area contributed by atoms with E-state index in [-0.39, 0.29) is 18.1 Å². The van der Waals surface area contributed by atoms with Gasteiger partial charge in [-0.15, -0.1) is 0 Å². The van der Waals surface area contributed by atoms with Gasteiger partial charge in [-0.05, 0) is 12.3 Å². The fourth-order valence-corrected chi connectivity index (χ4v) is 2.04. The molecule has 25 heavy (non-hydrogen) atoms. The van der Waals surface area contributed by atoms with E-state index in [4.69, 9.17) is 15.9 Å². The first-order valence-corrected chi connectivity index (χ1v) is 8.33. The molecule has 3 atom stereocenters. The highest BCUT2D eigenvalue weighted by Crippen LogP contribution is 2.04. The van der Waals surface area contributed by atoms with Crippen molar-refractivity contribution in [3.05, 3.63) is 0 Å². The molecule has 0 heterocycles. The van der Waals surface area contributed by atoms with Crippen LogP contribution in [-0.2, 0) is 19.2 Å². The van der Waals surface area contributed by atoms with Crippen LogP contribution in [0.1, 0.15) is 20.3 Å². The molecule has 0 aromatic rings. The number of carbonyl (C=O) groups excluding carboxylic acids is 3. The van der Waals surface area contributed by atoms with E-state index in [0.717, 1.165) is 0 Å². The maximum Gasteiger partial charge on any atom is 0.326 e. The van der Waals surface area contributed by atoms with Crippen molar-refractivity contribution in [3.63, 3.8) is 0 Å². The molecule has 0 bridgehead atoms. The first-order valence-electron chi connectivity index (χ1n) is 7.69. The average Bonchev–Trinajstić information content (AvgIpc) is 2.55. The zero-order valence-corrected chi connectivity index (χ0v) is 15.1. The summed E-state index contributed by atoms with van der Waals surface area (Å²) in [6.45, 7) is 2.61. The van der Waals surface area contributed by atoms with Crippen molar-refractivity contribution >= 4 is 36.3 Å². The smallest absolute Gasteiger partial charge is 0.326 e. The topological polar surface area (TPSA) is 171 Å². The van der Waals surface area contributed by atoms with Gasteiger partial charge >= 0.3 is 5.97 Å². The molecular formula is C14H26N4O6S. The summed E-state index contributed by atoms with van der Waals surface area (Å²) in [6, 6.07) is -3.27. The van der Waals surface area contributed by atoms with Crippen molar-refractivity contribution in [1.29, 1.82) is 0 Å². The molecule has 0 saturated heterocycles. The molecule has 0 spiro atoms. The predicted molar refractivity (Wildman–Crippen MR) is 92.9 cm³/mol. The standard InChI is InChI=1S/C14H26N4O6S/c1-7(2)3-9(14(23)24)17-11(20)4-16-13(22)10(6-25)18-12(21)8(15)5-19/h7-10,19,25H,3-6,15H2,1-2H3,(H,16,22)(H,17,20)(H,18,21)(H,23,24). The number of thiol groups is 1. The quantitative estimate of drug-likeness (QED) is 0.194. The van der Waals surface area contributed by atoms with E-state index in [1.54, 1.807) is 0 Å². The first kappa shape index (κ1) is 23.1. The van der Waals surface area contributed by atoms with Crippen LogP contribution in [0.4, 0.5) is 0 Å². The van der Waals surface area contributed by atoms with Gasteiger partial charge in [-0.25, -0.2) is 4.79 Å². The van der Waals surface area contributed by atoms with Gasteiger partial charge in [-0.3, -0.25) is 14.4 Å². The number of carboxylic acids is 1. The second kappa shape index (κ2) is 11.7. The average molecular weight is 378 g/mol. The number of aliphatic hydroxyl groups is 1. The number of hydrogen-bond acceptors (Lipinski definition) is 7. The van der Waals surface area contributed by atoms with E-state index >= 15 is 0 Å². The molecule has 3 amide bonds. The Balaban J connectivity index is 4.51. The van der Waals surface area contributed by atoms with Gasteiger partial charge < -0.3 is 31.9 Å². The van der Waals surface area contributed by atoms with Crippen LogP contribution in [0.3, 0.4) is 0 Å². The largest absolute Gasteiger partial charge is 0.480 e. The third kappa shape index (κ3) is 9.27. The fourth-order valence-electron chi connectivity index (χ4n) is 1.78. The van der Waals surface area contributed by atoms with Crippen LogP contribution < -0.4 is 21.7 Å². The molecule has 0 rings (SSSR count).